The minimum absolute atomic E-state index is 0.307. The SMILES string of the molecule is CC(C)(C)C1CCN(c2nc(C3CC3)c(C(=O)O)s2)C1. The zero-order valence-corrected chi connectivity index (χ0v) is 13.2. The van der Waals surface area contributed by atoms with Crippen molar-refractivity contribution < 1.29 is 9.90 Å². The van der Waals surface area contributed by atoms with Crippen molar-refractivity contribution in [1.82, 2.24) is 4.98 Å². The van der Waals surface area contributed by atoms with Crippen LogP contribution in [0.2, 0.25) is 0 Å². The van der Waals surface area contributed by atoms with Crippen LogP contribution in [0.1, 0.15) is 61.3 Å². The molecule has 0 bridgehead atoms. The first-order valence-corrected chi connectivity index (χ1v) is 8.17. The lowest BCUT2D eigenvalue weighted by Gasteiger charge is -2.26. The Hall–Kier alpha value is -1.10. The molecule has 1 unspecified atom stereocenters. The Morgan fingerprint density at radius 2 is 2.05 bits per heavy atom. The Bertz CT molecular complexity index is 528. The topological polar surface area (TPSA) is 53.4 Å². The van der Waals surface area contributed by atoms with Crippen LogP contribution in [0.25, 0.3) is 0 Å². The Morgan fingerprint density at radius 3 is 2.55 bits per heavy atom. The number of carbonyl (C=O) groups is 1. The molecule has 1 aliphatic carbocycles. The molecule has 1 aromatic rings. The smallest absolute Gasteiger partial charge is 0.347 e. The van der Waals surface area contributed by atoms with Crippen molar-refractivity contribution in [2.24, 2.45) is 11.3 Å². The van der Waals surface area contributed by atoms with Crippen molar-refractivity contribution >= 4 is 22.4 Å². The normalized spacial score (nSPS) is 23.4. The maximum absolute atomic E-state index is 11.4. The van der Waals surface area contributed by atoms with Crippen molar-refractivity contribution in [3.05, 3.63) is 10.6 Å². The number of thiazole rings is 1. The summed E-state index contributed by atoms with van der Waals surface area (Å²) in [5, 5.41) is 10.2. The van der Waals surface area contributed by atoms with Crippen LogP contribution in [0.15, 0.2) is 0 Å². The van der Waals surface area contributed by atoms with E-state index in [-0.39, 0.29) is 0 Å². The lowest BCUT2D eigenvalue weighted by molar-refractivity contribution is 0.0700. The zero-order valence-electron chi connectivity index (χ0n) is 12.3. The molecule has 1 aromatic heterocycles. The van der Waals surface area contributed by atoms with Crippen LogP contribution >= 0.6 is 11.3 Å². The van der Waals surface area contributed by atoms with Gasteiger partial charge in [0.05, 0.1) is 5.69 Å². The molecular weight excluding hydrogens is 272 g/mol. The number of hydrogen-bond acceptors (Lipinski definition) is 4. The maximum atomic E-state index is 11.4. The van der Waals surface area contributed by atoms with Gasteiger partial charge in [-0.15, -0.1) is 0 Å². The van der Waals surface area contributed by atoms with Gasteiger partial charge in [0.25, 0.3) is 0 Å². The summed E-state index contributed by atoms with van der Waals surface area (Å²) in [6, 6.07) is 0. The lowest BCUT2D eigenvalue weighted by Crippen LogP contribution is -2.25. The fraction of sp³-hybridized carbons (Fsp3) is 0.733. The molecule has 1 saturated carbocycles. The van der Waals surface area contributed by atoms with Crippen molar-refractivity contribution in [2.75, 3.05) is 18.0 Å². The van der Waals surface area contributed by atoms with E-state index in [1.807, 2.05) is 0 Å². The van der Waals surface area contributed by atoms with E-state index in [2.05, 4.69) is 30.7 Å². The molecule has 20 heavy (non-hydrogen) atoms. The van der Waals surface area contributed by atoms with Gasteiger partial charge in [-0.25, -0.2) is 9.78 Å². The first kappa shape index (κ1) is 13.9. The van der Waals surface area contributed by atoms with Gasteiger partial charge in [-0.2, -0.15) is 0 Å². The molecule has 5 heteroatoms. The minimum Gasteiger partial charge on any atom is -0.477 e. The quantitative estimate of drug-likeness (QED) is 0.925. The molecule has 1 N–H and O–H groups in total. The minimum atomic E-state index is -0.817. The van der Waals surface area contributed by atoms with Crippen molar-refractivity contribution in [3.63, 3.8) is 0 Å². The molecule has 2 aliphatic rings. The molecule has 2 fully saturated rings. The molecule has 4 nitrogen and oxygen atoms in total. The van der Waals surface area contributed by atoms with Crippen LogP contribution in [0.4, 0.5) is 5.13 Å². The summed E-state index contributed by atoms with van der Waals surface area (Å²) in [6.45, 7) is 8.84. The van der Waals surface area contributed by atoms with E-state index in [9.17, 15) is 9.90 Å². The molecule has 1 aliphatic heterocycles. The summed E-state index contributed by atoms with van der Waals surface area (Å²) in [4.78, 5) is 18.7. The van der Waals surface area contributed by atoms with Crippen LogP contribution in [-0.4, -0.2) is 29.1 Å². The average Bonchev–Trinajstić information content (AvgIpc) is 2.92. The third-order valence-corrected chi connectivity index (χ3v) is 5.60. The summed E-state index contributed by atoms with van der Waals surface area (Å²) in [5.41, 5.74) is 1.14. The number of anilines is 1. The molecule has 2 heterocycles. The van der Waals surface area contributed by atoms with Gasteiger partial charge in [-0.05, 0) is 30.6 Å². The summed E-state index contributed by atoms with van der Waals surface area (Å²) in [7, 11) is 0. The summed E-state index contributed by atoms with van der Waals surface area (Å²) in [6.07, 6.45) is 3.35. The van der Waals surface area contributed by atoms with E-state index in [4.69, 9.17) is 0 Å². The highest BCUT2D eigenvalue weighted by Crippen LogP contribution is 2.45. The Balaban J connectivity index is 1.81. The summed E-state index contributed by atoms with van der Waals surface area (Å²) >= 11 is 1.36. The second kappa shape index (κ2) is 4.72. The molecule has 110 valence electrons. The van der Waals surface area contributed by atoms with Crippen LogP contribution in [-0.2, 0) is 0 Å². The van der Waals surface area contributed by atoms with Gasteiger partial charge in [-0.3, -0.25) is 0 Å². The first-order valence-electron chi connectivity index (χ1n) is 7.35. The molecule has 1 atom stereocenters. The predicted molar refractivity (Wildman–Crippen MR) is 80.8 cm³/mol. The third-order valence-electron chi connectivity index (χ3n) is 4.48. The largest absolute Gasteiger partial charge is 0.477 e. The average molecular weight is 294 g/mol. The van der Waals surface area contributed by atoms with E-state index in [0.717, 1.165) is 36.8 Å². The van der Waals surface area contributed by atoms with Crippen LogP contribution in [0.3, 0.4) is 0 Å². The maximum Gasteiger partial charge on any atom is 0.347 e. The van der Waals surface area contributed by atoms with Gasteiger partial charge in [-0.1, -0.05) is 32.1 Å². The van der Waals surface area contributed by atoms with E-state index < -0.39 is 5.97 Å². The highest BCUT2D eigenvalue weighted by atomic mass is 32.1. The first-order chi connectivity index (χ1) is 9.36. The van der Waals surface area contributed by atoms with Crippen molar-refractivity contribution in [3.8, 4) is 0 Å². The van der Waals surface area contributed by atoms with Crippen LogP contribution < -0.4 is 4.90 Å². The number of nitrogens with zero attached hydrogens (tertiary/aromatic N) is 2. The second-order valence-corrected chi connectivity index (χ2v) is 8.07. The Kier molecular flexibility index (Phi) is 3.27. The van der Waals surface area contributed by atoms with Gasteiger partial charge in [0, 0.05) is 19.0 Å². The molecule has 1 saturated heterocycles. The van der Waals surface area contributed by atoms with Gasteiger partial charge < -0.3 is 10.0 Å². The molecule has 3 rings (SSSR count). The molecule has 0 aromatic carbocycles. The second-order valence-electron chi connectivity index (χ2n) is 7.09. The highest BCUT2D eigenvalue weighted by molar-refractivity contribution is 7.17. The lowest BCUT2D eigenvalue weighted by atomic mass is 9.80. The number of hydrogen-bond donors (Lipinski definition) is 1. The number of aromatic nitrogens is 1. The molecular formula is C15H22N2O2S. The van der Waals surface area contributed by atoms with Gasteiger partial charge >= 0.3 is 5.97 Å². The van der Waals surface area contributed by atoms with Crippen molar-refractivity contribution in [2.45, 2.75) is 46.0 Å². The fourth-order valence-electron chi connectivity index (χ4n) is 2.88. The monoisotopic (exact) mass is 294 g/mol. The summed E-state index contributed by atoms with van der Waals surface area (Å²) in [5.74, 6) is 0.235. The molecule has 0 amide bonds. The number of aromatic carboxylic acids is 1. The number of carboxylic acid groups (broad SMARTS) is 1. The van der Waals surface area contributed by atoms with E-state index >= 15 is 0 Å². The Labute approximate surface area is 123 Å². The van der Waals surface area contributed by atoms with Gasteiger partial charge in [0.2, 0.25) is 0 Å². The summed E-state index contributed by atoms with van der Waals surface area (Å²) < 4.78 is 0. The highest BCUT2D eigenvalue weighted by Gasteiger charge is 2.36. The van der Waals surface area contributed by atoms with Crippen LogP contribution in [0.5, 0.6) is 0 Å². The van der Waals surface area contributed by atoms with E-state index in [1.165, 1.54) is 17.8 Å². The fourth-order valence-corrected chi connectivity index (χ4v) is 3.91. The van der Waals surface area contributed by atoms with Crippen LogP contribution in [0, 0.1) is 11.3 Å². The van der Waals surface area contributed by atoms with Gasteiger partial charge in [0.1, 0.15) is 4.88 Å². The number of carboxylic acids is 1. The molecule has 0 spiro atoms. The predicted octanol–water partition coefficient (Wildman–Crippen LogP) is 3.59. The van der Waals surface area contributed by atoms with Crippen molar-refractivity contribution in [1.29, 1.82) is 0 Å². The Morgan fingerprint density at radius 1 is 1.35 bits per heavy atom. The van der Waals surface area contributed by atoms with Gasteiger partial charge in [0.15, 0.2) is 5.13 Å². The van der Waals surface area contributed by atoms with E-state index in [1.54, 1.807) is 0 Å². The van der Waals surface area contributed by atoms with E-state index in [0.29, 0.717) is 22.1 Å². The zero-order chi connectivity index (χ0) is 14.5. The standard InChI is InChI=1S/C15H22N2O2S/c1-15(2,3)10-6-7-17(8-10)14-16-11(9-4-5-9)12(20-14)13(18)19/h9-10H,4-8H2,1-3H3,(H,18,19). The molecule has 0 radical (unpaired) electrons. The number of rotatable bonds is 3. The third kappa shape index (κ3) is 2.55.